The van der Waals surface area contributed by atoms with Crippen LogP contribution in [0.15, 0.2) is 60.7 Å². The molecule has 1 N–H and O–H groups in total. The standard InChI is InChI=1S/C18H17NO4/c1-19(16(21)12-15(20)18(22)23)17(13-8-4-2-5-9-13)14-10-6-3-7-11-14/h2-11,17H,12H2,1H3,(H,22,23). The average molecular weight is 311 g/mol. The zero-order valence-corrected chi connectivity index (χ0v) is 12.7. The topological polar surface area (TPSA) is 74.7 Å². The number of ketones is 1. The van der Waals surface area contributed by atoms with E-state index >= 15 is 0 Å². The summed E-state index contributed by atoms with van der Waals surface area (Å²) in [5, 5.41) is 8.67. The Morgan fingerprint density at radius 3 is 1.74 bits per heavy atom. The molecule has 0 fully saturated rings. The Bertz CT molecular complexity index is 658. The Labute approximate surface area is 134 Å². The second kappa shape index (κ2) is 7.35. The molecule has 118 valence electrons. The highest BCUT2D eigenvalue weighted by Crippen LogP contribution is 2.27. The number of rotatable bonds is 6. The minimum Gasteiger partial charge on any atom is -0.475 e. The van der Waals surface area contributed by atoms with Crippen molar-refractivity contribution in [2.24, 2.45) is 0 Å². The minimum atomic E-state index is -1.59. The van der Waals surface area contributed by atoms with Crippen LogP contribution in [0.5, 0.6) is 0 Å². The Morgan fingerprint density at radius 2 is 1.35 bits per heavy atom. The maximum atomic E-state index is 12.3. The predicted octanol–water partition coefficient (Wildman–Crippen LogP) is 2.28. The zero-order valence-electron chi connectivity index (χ0n) is 12.7. The molecule has 5 heteroatoms. The van der Waals surface area contributed by atoms with E-state index in [0.717, 1.165) is 11.1 Å². The number of carbonyl (C=O) groups is 3. The van der Waals surface area contributed by atoms with Gasteiger partial charge in [-0.25, -0.2) is 4.79 Å². The summed E-state index contributed by atoms with van der Waals surface area (Å²) < 4.78 is 0. The number of carbonyl (C=O) groups excluding carboxylic acids is 2. The van der Waals surface area contributed by atoms with Crippen LogP contribution < -0.4 is 0 Å². The van der Waals surface area contributed by atoms with Crippen LogP contribution in [0, 0.1) is 0 Å². The summed E-state index contributed by atoms with van der Waals surface area (Å²) in [4.78, 5) is 35.6. The van der Waals surface area contributed by atoms with Crippen LogP contribution in [0.2, 0.25) is 0 Å². The lowest BCUT2D eigenvalue weighted by Crippen LogP contribution is -2.34. The second-order valence-corrected chi connectivity index (χ2v) is 5.13. The molecule has 0 aliphatic carbocycles. The highest BCUT2D eigenvalue weighted by Gasteiger charge is 2.26. The number of carboxylic acid groups (broad SMARTS) is 1. The molecule has 1 amide bonds. The Hall–Kier alpha value is -2.95. The van der Waals surface area contributed by atoms with Crippen LogP contribution in [0.1, 0.15) is 23.6 Å². The zero-order chi connectivity index (χ0) is 16.8. The van der Waals surface area contributed by atoms with Gasteiger partial charge in [0, 0.05) is 7.05 Å². The largest absolute Gasteiger partial charge is 0.475 e. The second-order valence-electron chi connectivity index (χ2n) is 5.13. The molecule has 0 aliphatic rings. The van der Waals surface area contributed by atoms with Crippen LogP contribution in [0.25, 0.3) is 0 Å². The maximum Gasteiger partial charge on any atom is 0.372 e. The highest BCUT2D eigenvalue weighted by atomic mass is 16.4. The summed E-state index contributed by atoms with van der Waals surface area (Å²) in [5.41, 5.74) is 1.77. The smallest absolute Gasteiger partial charge is 0.372 e. The molecular formula is C18H17NO4. The SMILES string of the molecule is CN(C(=O)CC(=O)C(=O)O)C(c1ccccc1)c1ccccc1. The molecular weight excluding hydrogens is 294 g/mol. The van der Waals surface area contributed by atoms with Crippen LogP contribution >= 0.6 is 0 Å². The molecule has 5 nitrogen and oxygen atoms in total. The van der Waals surface area contributed by atoms with Gasteiger partial charge in [0.2, 0.25) is 11.7 Å². The molecule has 0 saturated carbocycles. The van der Waals surface area contributed by atoms with E-state index < -0.39 is 24.1 Å². The molecule has 23 heavy (non-hydrogen) atoms. The van der Waals surface area contributed by atoms with E-state index in [-0.39, 0.29) is 6.04 Å². The molecule has 0 unspecified atom stereocenters. The average Bonchev–Trinajstić information content (AvgIpc) is 2.56. The first-order valence-corrected chi connectivity index (χ1v) is 7.12. The normalized spacial score (nSPS) is 10.3. The summed E-state index contributed by atoms with van der Waals surface area (Å²) in [7, 11) is 1.57. The van der Waals surface area contributed by atoms with Gasteiger partial charge in [0.25, 0.3) is 0 Å². The third-order valence-electron chi connectivity index (χ3n) is 3.56. The van der Waals surface area contributed by atoms with E-state index in [4.69, 9.17) is 5.11 Å². The van der Waals surface area contributed by atoms with Crippen LogP contribution in [-0.2, 0) is 14.4 Å². The van der Waals surface area contributed by atoms with Gasteiger partial charge in [-0.15, -0.1) is 0 Å². The predicted molar refractivity (Wildman–Crippen MR) is 84.8 cm³/mol. The lowest BCUT2D eigenvalue weighted by atomic mass is 9.97. The van der Waals surface area contributed by atoms with Gasteiger partial charge in [-0.3, -0.25) is 9.59 Å². The van der Waals surface area contributed by atoms with Crippen LogP contribution in [0.4, 0.5) is 0 Å². The van der Waals surface area contributed by atoms with Gasteiger partial charge < -0.3 is 10.0 Å². The summed E-state index contributed by atoms with van der Waals surface area (Å²) in [6.45, 7) is 0. The van der Waals surface area contributed by atoms with E-state index in [2.05, 4.69) is 0 Å². The van der Waals surface area contributed by atoms with Crippen molar-refractivity contribution >= 4 is 17.7 Å². The van der Waals surface area contributed by atoms with Crippen molar-refractivity contribution in [3.05, 3.63) is 71.8 Å². The van der Waals surface area contributed by atoms with E-state index in [9.17, 15) is 14.4 Å². The lowest BCUT2D eigenvalue weighted by Gasteiger charge is -2.29. The lowest BCUT2D eigenvalue weighted by molar-refractivity contribution is -0.151. The van der Waals surface area contributed by atoms with Gasteiger partial charge >= 0.3 is 5.97 Å². The molecule has 2 aromatic carbocycles. The number of aliphatic carboxylic acids is 1. The Kier molecular flexibility index (Phi) is 5.25. The Balaban J connectivity index is 2.32. The third-order valence-corrected chi connectivity index (χ3v) is 3.56. The summed E-state index contributed by atoms with van der Waals surface area (Å²) in [5.74, 6) is -3.24. The number of benzene rings is 2. The van der Waals surface area contributed by atoms with Crippen molar-refractivity contribution in [1.29, 1.82) is 0 Å². The van der Waals surface area contributed by atoms with E-state index in [0.29, 0.717) is 0 Å². The molecule has 0 bridgehead atoms. The fourth-order valence-corrected chi connectivity index (χ4v) is 2.39. The molecule has 2 rings (SSSR count). The minimum absolute atomic E-state index is 0.383. The Morgan fingerprint density at radius 1 is 0.913 bits per heavy atom. The number of nitrogens with zero attached hydrogens (tertiary/aromatic N) is 1. The molecule has 0 atom stereocenters. The van der Waals surface area contributed by atoms with Crippen molar-refractivity contribution in [1.82, 2.24) is 4.90 Å². The summed E-state index contributed by atoms with van der Waals surface area (Å²) >= 11 is 0. The van der Waals surface area contributed by atoms with Crippen LogP contribution in [0.3, 0.4) is 0 Å². The molecule has 0 aromatic heterocycles. The molecule has 0 aliphatic heterocycles. The molecule has 0 heterocycles. The van der Waals surface area contributed by atoms with Crippen molar-refractivity contribution in [2.75, 3.05) is 7.05 Å². The van der Waals surface area contributed by atoms with Gasteiger partial charge in [-0.05, 0) is 11.1 Å². The van der Waals surface area contributed by atoms with Crippen molar-refractivity contribution in [3.8, 4) is 0 Å². The quantitative estimate of drug-likeness (QED) is 0.656. The number of carboxylic acids is 1. The van der Waals surface area contributed by atoms with Crippen LogP contribution in [-0.4, -0.2) is 34.7 Å². The summed E-state index contributed by atoms with van der Waals surface area (Å²) in [6.07, 6.45) is -0.651. The van der Waals surface area contributed by atoms with Crippen molar-refractivity contribution < 1.29 is 19.5 Å². The van der Waals surface area contributed by atoms with E-state index in [1.807, 2.05) is 60.7 Å². The number of Topliss-reactive ketones (excluding diaryl/α,β-unsaturated/α-hetero) is 1. The molecule has 0 spiro atoms. The monoisotopic (exact) mass is 311 g/mol. The first-order valence-electron chi connectivity index (χ1n) is 7.12. The maximum absolute atomic E-state index is 12.3. The van der Waals surface area contributed by atoms with Gasteiger partial charge in [-0.2, -0.15) is 0 Å². The van der Waals surface area contributed by atoms with E-state index in [1.54, 1.807) is 7.05 Å². The van der Waals surface area contributed by atoms with Crippen molar-refractivity contribution in [3.63, 3.8) is 0 Å². The van der Waals surface area contributed by atoms with Gasteiger partial charge in [0.15, 0.2) is 0 Å². The third kappa shape index (κ3) is 4.03. The first kappa shape index (κ1) is 16.4. The fraction of sp³-hybridized carbons (Fsp3) is 0.167. The summed E-state index contributed by atoms with van der Waals surface area (Å²) in [6, 6.07) is 18.4. The first-order chi connectivity index (χ1) is 11.0. The number of amides is 1. The number of hydrogen-bond donors (Lipinski definition) is 1. The van der Waals surface area contributed by atoms with E-state index in [1.165, 1.54) is 4.90 Å². The van der Waals surface area contributed by atoms with Gasteiger partial charge in [-0.1, -0.05) is 60.7 Å². The molecule has 0 radical (unpaired) electrons. The fourth-order valence-electron chi connectivity index (χ4n) is 2.39. The van der Waals surface area contributed by atoms with Gasteiger partial charge in [0.1, 0.15) is 0 Å². The highest BCUT2D eigenvalue weighted by molar-refractivity contribution is 6.36. The molecule has 0 saturated heterocycles. The van der Waals surface area contributed by atoms with Crippen molar-refractivity contribution in [2.45, 2.75) is 12.5 Å². The number of hydrogen-bond acceptors (Lipinski definition) is 3. The van der Waals surface area contributed by atoms with Gasteiger partial charge in [0.05, 0.1) is 12.5 Å². The molecule has 2 aromatic rings.